The van der Waals surface area contributed by atoms with Gasteiger partial charge in [0.2, 0.25) is 0 Å². The van der Waals surface area contributed by atoms with E-state index < -0.39 is 0 Å². The van der Waals surface area contributed by atoms with Gasteiger partial charge in [-0.15, -0.1) is 0 Å². The van der Waals surface area contributed by atoms with Crippen LogP contribution in [0.3, 0.4) is 0 Å². The lowest BCUT2D eigenvalue weighted by atomic mass is 10.0. The number of piperazine rings is 1. The van der Waals surface area contributed by atoms with E-state index in [0.717, 1.165) is 31.9 Å². The molecule has 4 rings (SSSR count). The van der Waals surface area contributed by atoms with Crippen LogP contribution in [0.25, 0.3) is 10.8 Å². The first-order valence-electron chi connectivity index (χ1n) is 9.30. The lowest BCUT2D eigenvalue weighted by Gasteiger charge is -2.35. The molecule has 1 saturated heterocycles. The van der Waals surface area contributed by atoms with Crippen LogP contribution in [0.5, 0.6) is 0 Å². The van der Waals surface area contributed by atoms with Crippen molar-refractivity contribution in [2.45, 2.75) is 13.8 Å². The van der Waals surface area contributed by atoms with Crippen LogP contribution in [0, 0.1) is 6.92 Å². The Morgan fingerprint density at radius 1 is 0.808 bits per heavy atom. The van der Waals surface area contributed by atoms with Crippen molar-refractivity contribution < 1.29 is 0 Å². The van der Waals surface area contributed by atoms with Crippen molar-refractivity contribution >= 4 is 22.2 Å². The van der Waals surface area contributed by atoms with E-state index in [2.05, 4.69) is 90.5 Å². The van der Waals surface area contributed by atoms with Gasteiger partial charge in [0.15, 0.2) is 0 Å². The Bertz CT molecular complexity index is 914. The van der Waals surface area contributed by atoms with Gasteiger partial charge in [0.25, 0.3) is 0 Å². The Labute approximate surface area is 155 Å². The zero-order valence-electron chi connectivity index (χ0n) is 15.5. The van der Waals surface area contributed by atoms with E-state index >= 15 is 0 Å². The summed E-state index contributed by atoms with van der Waals surface area (Å²) >= 11 is 0. The Balaban J connectivity index is 1.48. The average molecular weight is 343 g/mol. The summed E-state index contributed by atoms with van der Waals surface area (Å²) in [4.78, 5) is 2.44. The van der Waals surface area contributed by atoms with E-state index in [-0.39, 0.29) is 0 Å². The van der Waals surface area contributed by atoms with Crippen LogP contribution in [0.2, 0.25) is 0 Å². The lowest BCUT2D eigenvalue weighted by Crippen LogP contribution is -2.44. The Morgan fingerprint density at radius 3 is 2.27 bits per heavy atom. The topological polar surface area (TPSA) is 18.8 Å². The summed E-state index contributed by atoms with van der Waals surface area (Å²) in [6.07, 6.45) is 0. The van der Waals surface area contributed by atoms with Crippen LogP contribution in [0.15, 0.2) is 71.8 Å². The summed E-state index contributed by atoms with van der Waals surface area (Å²) in [5.41, 5.74) is 4.93. The molecule has 1 aliphatic heterocycles. The standard InChI is InChI=1S/C23H25N3/c1-18-10-12-21(13-11-18)25-14-16-26(17-15-25)24-19(2)22-9-5-7-20-6-3-4-8-23(20)22/h3-13H,14-17H2,1-2H3. The summed E-state index contributed by atoms with van der Waals surface area (Å²) in [6, 6.07) is 23.8. The van der Waals surface area contributed by atoms with E-state index in [1.807, 2.05) is 0 Å². The van der Waals surface area contributed by atoms with Gasteiger partial charge in [-0.3, -0.25) is 5.01 Å². The first-order chi connectivity index (χ1) is 12.7. The van der Waals surface area contributed by atoms with Crippen molar-refractivity contribution in [1.82, 2.24) is 5.01 Å². The highest BCUT2D eigenvalue weighted by atomic mass is 15.5. The van der Waals surface area contributed by atoms with Gasteiger partial charge in [-0.2, -0.15) is 5.10 Å². The van der Waals surface area contributed by atoms with Gasteiger partial charge in [0.05, 0.1) is 18.8 Å². The fourth-order valence-corrected chi connectivity index (χ4v) is 3.62. The minimum atomic E-state index is 0.954. The molecule has 0 spiro atoms. The van der Waals surface area contributed by atoms with E-state index in [0.29, 0.717) is 0 Å². The molecule has 1 aliphatic rings. The van der Waals surface area contributed by atoms with Gasteiger partial charge >= 0.3 is 0 Å². The van der Waals surface area contributed by atoms with E-state index in [1.54, 1.807) is 0 Å². The molecule has 132 valence electrons. The van der Waals surface area contributed by atoms with Crippen LogP contribution in [-0.4, -0.2) is 36.9 Å². The molecule has 0 radical (unpaired) electrons. The molecular weight excluding hydrogens is 318 g/mol. The molecular formula is C23H25N3. The summed E-state index contributed by atoms with van der Waals surface area (Å²) in [6.45, 7) is 8.18. The second kappa shape index (κ2) is 7.20. The highest BCUT2D eigenvalue weighted by Crippen LogP contribution is 2.21. The van der Waals surface area contributed by atoms with Crippen molar-refractivity contribution in [3.63, 3.8) is 0 Å². The molecule has 3 aromatic carbocycles. The maximum Gasteiger partial charge on any atom is 0.0652 e. The molecule has 0 aliphatic carbocycles. The largest absolute Gasteiger partial charge is 0.368 e. The van der Waals surface area contributed by atoms with Crippen LogP contribution in [-0.2, 0) is 0 Å². The molecule has 0 bridgehead atoms. The van der Waals surface area contributed by atoms with Crippen molar-refractivity contribution in [3.8, 4) is 0 Å². The molecule has 0 saturated carbocycles. The maximum atomic E-state index is 4.92. The fourth-order valence-electron chi connectivity index (χ4n) is 3.62. The Hall–Kier alpha value is -2.81. The quantitative estimate of drug-likeness (QED) is 0.642. The highest BCUT2D eigenvalue weighted by Gasteiger charge is 2.16. The summed E-state index contributed by atoms with van der Waals surface area (Å²) < 4.78 is 0. The third kappa shape index (κ3) is 3.43. The zero-order chi connectivity index (χ0) is 17.9. The molecule has 26 heavy (non-hydrogen) atoms. The molecule has 0 unspecified atom stereocenters. The number of rotatable bonds is 3. The van der Waals surface area contributed by atoms with Gasteiger partial charge in [-0.1, -0.05) is 60.2 Å². The molecule has 0 aromatic heterocycles. The zero-order valence-corrected chi connectivity index (χ0v) is 15.5. The highest BCUT2D eigenvalue weighted by molar-refractivity contribution is 6.09. The number of hydrogen-bond donors (Lipinski definition) is 0. The smallest absolute Gasteiger partial charge is 0.0652 e. The van der Waals surface area contributed by atoms with Gasteiger partial charge in [-0.05, 0) is 36.8 Å². The minimum Gasteiger partial charge on any atom is -0.368 e. The monoisotopic (exact) mass is 343 g/mol. The third-order valence-electron chi connectivity index (χ3n) is 5.13. The molecule has 1 fully saturated rings. The minimum absolute atomic E-state index is 0.954. The predicted octanol–water partition coefficient (Wildman–Crippen LogP) is 4.69. The molecule has 3 aromatic rings. The second-order valence-corrected chi connectivity index (χ2v) is 6.99. The number of hydrogen-bond acceptors (Lipinski definition) is 3. The molecule has 1 heterocycles. The van der Waals surface area contributed by atoms with Crippen LogP contribution < -0.4 is 4.90 Å². The first-order valence-corrected chi connectivity index (χ1v) is 9.30. The predicted molar refractivity (Wildman–Crippen MR) is 111 cm³/mol. The average Bonchev–Trinajstić information content (AvgIpc) is 2.69. The van der Waals surface area contributed by atoms with Crippen molar-refractivity contribution in [2.24, 2.45) is 5.10 Å². The van der Waals surface area contributed by atoms with Gasteiger partial charge in [0.1, 0.15) is 0 Å². The van der Waals surface area contributed by atoms with Gasteiger partial charge in [-0.25, -0.2) is 0 Å². The van der Waals surface area contributed by atoms with Crippen molar-refractivity contribution in [1.29, 1.82) is 0 Å². The van der Waals surface area contributed by atoms with E-state index in [9.17, 15) is 0 Å². The van der Waals surface area contributed by atoms with Crippen LogP contribution >= 0.6 is 0 Å². The second-order valence-electron chi connectivity index (χ2n) is 6.99. The SMILES string of the molecule is CC(=NN1CCN(c2ccc(C)cc2)CC1)c1cccc2ccccc12. The molecule has 0 atom stereocenters. The van der Waals surface area contributed by atoms with Crippen LogP contribution in [0.1, 0.15) is 18.1 Å². The summed E-state index contributed by atoms with van der Waals surface area (Å²) in [7, 11) is 0. The normalized spacial score (nSPS) is 15.5. The van der Waals surface area contributed by atoms with E-state index in [4.69, 9.17) is 5.10 Å². The van der Waals surface area contributed by atoms with Crippen molar-refractivity contribution in [3.05, 3.63) is 77.9 Å². The molecule has 0 N–H and O–H groups in total. The van der Waals surface area contributed by atoms with Crippen LogP contribution in [0.4, 0.5) is 5.69 Å². The number of aryl methyl sites for hydroxylation is 1. The van der Waals surface area contributed by atoms with Gasteiger partial charge < -0.3 is 4.90 Å². The third-order valence-corrected chi connectivity index (χ3v) is 5.13. The van der Waals surface area contributed by atoms with E-state index in [1.165, 1.54) is 27.6 Å². The fraction of sp³-hybridized carbons (Fsp3) is 0.261. The number of hydrazone groups is 1. The summed E-state index contributed by atoms with van der Waals surface area (Å²) in [5, 5.41) is 9.67. The lowest BCUT2D eigenvalue weighted by molar-refractivity contribution is 0.270. The number of benzene rings is 3. The van der Waals surface area contributed by atoms with Gasteiger partial charge in [0, 0.05) is 24.3 Å². The van der Waals surface area contributed by atoms with Crippen molar-refractivity contribution in [2.75, 3.05) is 31.1 Å². The molecule has 3 nitrogen and oxygen atoms in total. The molecule has 3 heteroatoms. The molecule has 0 amide bonds. The Morgan fingerprint density at radius 2 is 1.50 bits per heavy atom. The first kappa shape index (κ1) is 16.6. The number of nitrogens with zero attached hydrogens (tertiary/aromatic N) is 3. The maximum absolute atomic E-state index is 4.92. The number of fused-ring (bicyclic) bond motifs is 1. The number of anilines is 1. The Kier molecular flexibility index (Phi) is 4.61. The summed E-state index contributed by atoms with van der Waals surface area (Å²) in [5.74, 6) is 0.